The number of nitrogens with one attached hydrogen (secondary N) is 1. The molecule has 3 N–H and O–H groups in total. The molecule has 3 aliphatic rings. The molecule has 4 bridgehead atoms. The molecule has 6 heterocycles. The quantitative estimate of drug-likeness (QED) is 0.100. The van der Waals surface area contributed by atoms with Crippen molar-refractivity contribution in [2.75, 3.05) is 72.7 Å². The minimum atomic E-state index is -0.987. The number of hydrazine groups is 1. The van der Waals surface area contributed by atoms with Gasteiger partial charge in [0.2, 0.25) is 5.91 Å². The second-order valence-corrected chi connectivity index (χ2v) is 20.1. The fourth-order valence-electron chi connectivity index (χ4n) is 9.60. The van der Waals surface area contributed by atoms with Crippen LogP contribution in [0.2, 0.25) is 0 Å². The number of cyclic esters (lactones) is 1. The number of fused-ring (bicyclic) bond motifs is 4. The molecule has 3 atom stereocenters. The van der Waals surface area contributed by atoms with Crippen molar-refractivity contribution in [3.8, 4) is 34.4 Å². The molecule has 66 heavy (non-hydrogen) atoms. The molecule has 0 radical (unpaired) electrons. The van der Waals surface area contributed by atoms with Crippen LogP contribution in [-0.4, -0.2) is 143 Å². The van der Waals surface area contributed by atoms with Gasteiger partial charge in [-0.05, 0) is 87.2 Å². The molecular formula is C50H67N9O6S. The third-order valence-corrected chi connectivity index (χ3v) is 13.8. The Morgan fingerprint density at radius 1 is 1.09 bits per heavy atom. The van der Waals surface area contributed by atoms with E-state index < -0.39 is 18.0 Å². The van der Waals surface area contributed by atoms with Gasteiger partial charge in [0.1, 0.15) is 6.04 Å². The van der Waals surface area contributed by atoms with Crippen molar-refractivity contribution in [3.05, 3.63) is 58.7 Å². The molecule has 0 unspecified atom stereocenters. The molecule has 15 nitrogen and oxygen atoms in total. The molecule has 0 saturated carbocycles. The summed E-state index contributed by atoms with van der Waals surface area (Å²) in [6.45, 7) is 16.9. The number of pyridine rings is 1. The van der Waals surface area contributed by atoms with E-state index in [1.165, 1.54) is 11.3 Å². The number of aromatic nitrogens is 3. The molecule has 2 fully saturated rings. The van der Waals surface area contributed by atoms with Crippen LogP contribution in [0, 0.1) is 29.1 Å². The Bertz CT molecular complexity index is 2400. The smallest absolute Gasteiger partial charge is 0.305 e. The predicted molar refractivity (Wildman–Crippen MR) is 257 cm³/mol. The van der Waals surface area contributed by atoms with E-state index in [1.807, 2.05) is 43.4 Å². The summed E-state index contributed by atoms with van der Waals surface area (Å²) in [5.41, 5.74) is 5.66. The zero-order chi connectivity index (χ0) is 47.0. The molecule has 354 valence electrons. The van der Waals surface area contributed by atoms with Crippen LogP contribution >= 0.6 is 11.3 Å². The zero-order valence-corrected chi connectivity index (χ0v) is 40.3. The van der Waals surface area contributed by atoms with Gasteiger partial charge in [0.25, 0.3) is 11.8 Å². The van der Waals surface area contributed by atoms with Gasteiger partial charge in [-0.3, -0.25) is 39.0 Å². The number of likely N-dealkylation sites (N-methyl/N-ethyl adjacent to an activating group) is 1. The van der Waals surface area contributed by atoms with Crippen LogP contribution in [0.4, 0.5) is 0 Å². The largest absolute Gasteiger partial charge is 0.465 e. The number of aryl methyl sites for hydroxylation is 1. The zero-order valence-electron chi connectivity index (χ0n) is 39.5. The Kier molecular flexibility index (Phi) is 16.3. The van der Waals surface area contributed by atoms with Crippen molar-refractivity contribution < 1.29 is 28.7 Å². The Morgan fingerprint density at radius 3 is 2.64 bits per heavy atom. The summed E-state index contributed by atoms with van der Waals surface area (Å²) in [5, 5.41) is 8.03. The Labute approximate surface area is 393 Å². The van der Waals surface area contributed by atoms with Gasteiger partial charge in [-0.25, -0.2) is 10.8 Å². The van der Waals surface area contributed by atoms with Gasteiger partial charge in [0.05, 0.1) is 48.8 Å². The van der Waals surface area contributed by atoms with Crippen molar-refractivity contribution >= 4 is 45.9 Å². The SMILES string of the molecule is CCn1c(-c2cccnc2)c2c3cc(ccc31)-c1csc(n1)C[C@H](NC(=O)[C@H](C(C)C)N(C)C[C@H]1CCN(C(=O)C#CCN3CCOCC3)C1)C(=O)N(N)CCCCC(=O)OCC(C)(C)C2. The summed E-state index contributed by atoms with van der Waals surface area (Å²) < 4.78 is 13.6. The minimum Gasteiger partial charge on any atom is -0.465 e. The molecule has 2 saturated heterocycles. The van der Waals surface area contributed by atoms with Gasteiger partial charge in [0.15, 0.2) is 0 Å². The number of carbonyl (C=O) groups excluding carboxylic acids is 4. The number of morpholine rings is 1. The maximum Gasteiger partial charge on any atom is 0.305 e. The first kappa shape index (κ1) is 48.7. The molecule has 7 rings (SSSR count). The first-order valence-corrected chi connectivity index (χ1v) is 24.4. The number of hydrogen-bond donors (Lipinski definition) is 2. The highest BCUT2D eigenvalue weighted by molar-refractivity contribution is 7.10. The lowest BCUT2D eigenvalue weighted by atomic mass is 9.84. The van der Waals surface area contributed by atoms with E-state index in [4.69, 9.17) is 20.3 Å². The minimum absolute atomic E-state index is 0.0883. The molecule has 3 aliphatic heterocycles. The molecular weight excluding hydrogens is 855 g/mol. The summed E-state index contributed by atoms with van der Waals surface area (Å²) in [6.07, 6.45) is 6.44. The van der Waals surface area contributed by atoms with Gasteiger partial charge in [-0.1, -0.05) is 39.7 Å². The summed E-state index contributed by atoms with van der Waals surface area (Å²) >= 11 is 1.45. The van der Waals surface area contributed by atoms with Gasteiger partial charge in [-0.15, -0.1) is 11.3 Å². The standard InChI is InChI=1S/C50H67N9O6S/c1-7-58-42-16-15-36-26-38(42)39(47(58)37-12-10-18-52-29-37)28-50(4,5)33-65-45(61)14-8-9-20-59(51)49(63)40(27-43-53-41(36)32-66-43)54-48(62)46(34(2)3)55(6)30-35-17-21-57(31-35)44(60)13-11-19-56-22-24-64-25-23-56/h10,12,15-16,18,26,29,32,34-35,40,46H,7-9,14,17,19-25,27-28,30-31,33,51H2,1-6H3,(H,54,62)/t35-,40+,46+/m1/s1. The van der Waals surface area contributed by atoms with Crippen molar-refractivity contribution in [2.24, 2.45) is 23.1 Å². The lowest BCUT2D eigenvalue weighted by Gasteiger charge is -2.33. The van der Waals surface area contributed by atoms with E-state index in [0.29, 0.717) is 63.7 Å². The van der Waals surface area contributed by atoms with Crippen LogP contribution < -0.4 is 11.2 Å². The van der Waals surface area contributed by atoms with Crippen molar-refractivity contribution in [1.29, 1.82) is 0 Å². The Hall–Kier alpha value is -5.18. The number of hydrogen-bond acceptors (Lipinski definition) is 12. The maximum absolute atomic E-state index is 14.4. The number of carbonyl (C=O) groups is 4. The molecule has 3 aromatic heterocycles. The summed E-state index contributed by atoms with van der Waals surface area (Å²) in [4.78, 5) is 70.3. The molecule has 0 aliphatic carbocycles. The predicted octanol–water partition coefficient (Wildman–Crippen LogP) is 5.01. The molecule has 4 aromatic rings. The van der Waals surface area contributed by atoms with Crippen molar-refractivity contribution in [2.45, 2.75) is 91.8 Å². The number of benzene rings is 1. The number of amides is 3. The van der Waals surface area contributed by atoms with E-state index >= 15 is 0 Å². The molecule has 16 heteroatoms. The molecule has 3 amide bonds. The van der Waals surface area contributed by atoms with Crippen LogP contribution in [0.25, 0.3) is 33.4 Å². The first-order chi connectivity index (χ1) is 31.7. The van der Waals surface area contributed by atoms with Crippen LogP contribution in [0.3, 0.4) is 0 Å². The van der Waals surface area contributed by atoms with E-state index in [1.54, 1.807) is 11.1 Å². The lowest BCUT2D eigenvalue weighted by molar-refractivity contribution is -0.146. The number of thiazole rings is 1. The second kappa shape index (κ2) is 22.1. The summed E-state index contributed by atoms with van der Waals surface area (Å²) in [5.74, 6) is 11.2. The van der Waals surface area contributed by atoms with Crippen LogP contribution in [-0.2, 0) is 48.0 Å². The van der Waals surface area contributed by atoms with Crippen molar-refractivity contribution in [1.82, 2.24) is 39.6 Å². The highest BCUT2D eigenvalue weighted by Gasteiger charge is 2.35. The van der Waals surface area contributed by atoms with E-state index in [2.05, 4.69) is 76.6 Å². The van der Waals surface area contributed by atoms with Gasteiger partial charge in [0, 0.05) is 104 Å². The van der Waals surface area contributed by atoms with Gasteiger partial charge >= 0.3 is 5.97 Å². The summed E-state index contributed by atoms with van der Waals surface area (Å²) in [6, 6.07) is 8.90. The average Bonchev–Trinajstić information content (AvgIpc) is 4.04. The number of ether oxygens (including phenoxy) is 2. The number of nitrogens with zero attached hydrogens (tertiary/aromatic N) is 7. The molecule has 1 aromatic carbocycles. The number of esters is 1. The Balaban J connectivity index is 1.11. The van der Waals surface area contributed by atoms with E-state index in [9.17, 15) is 19.2 Å². The highest BCUT2D eigenvalue weighted by Crippen LogP contribution is 2.40. The normalized spacial score (nSPS) is 20.6. The van der Waals surface area contributed by atoms with Crippen LogP contribution in [0.15, 0.2) is 48.1 Å². The van der Waals surface area contributed by atoms with Crippen LogP contribution in [0.1, 0.15) is 70.9 Å². The third-order valence-electron chi connectivity index (χ3n) is 12.9. The fraction of sp³-hybridized carbons (Fsp3) is 0.560. The van der Waals surface area contributed by atoms with Gasteiger partial charge < -0.3 is 24.3 Å². The lowest BCUT2D eigenvalue weighted by Crippen LogP contribution is -2.57. The van der Waals surface area contributed by atoms with Crippen LogP contribution in [0.5, 0.6) is 0 Å². The number of likely N-dealkylation sites (tertiary alicyclic amines) is 1. The molecule has 0 spiro atoms. The van der Waals surface area contributed by atoms with Gasteiger partial charge in [-0.2, -0.15) is 0 Å². The third kappa shape index (κ3) is 12.0. The fourth-order valence-corrected chi connectivity index (χ4v) is 10.4. The van der Waals surface area contributed by atoms with Crippen molar-refractivity contribution in [3.63, 3.8) is 0 Å². The van der Waals surface area contributed by atoms with E-state index in [0.717, 1.165) is 70.0 Å². The average molecular weight is 922 g/mol. The monoisotopic (exact) mass is 921 g/mol. The topological polar surface area (TPSA) is 168 Å². The Morgan fingerprint density at radius 2 is 1.89 bits per heavy atom. The number of rotatable bonds is 9. The highest BCUT2D eigenvalue weighted by atomic mass is 32.1. The number of nitrogens with two attached hydrogens (primary N) is 1. The maximum atomic E-state index is 14.4. The van der Waals surface area contributed by atoms with E-state index in [-0.39, 0.29) is 61.0 Å². The summed E-state index contributed by atoms with van der Waals surface area (Å²) in [7, 11) is 1.93. The second-order valence-electron chi connectivity index (χ2n) is 19.2. The first-order valence-electron chi connectivity index (χ1n) is 23.5.